The number of aryl methyl sites for hydroxylation is 11. The van der Waals surface area contributed by atoms with Crippen LogP contribution in [-0.2, 0) is 64.2 Å². The number of hydrogen-bond acceptors (Lipinski definition) is 18. The predicted octanol–water partition coefficient (Wildman–Crippen LogP) is 17.8. The molecule has 0 aliphatic carbocycles. The Morgan fingerprint density at radius 2 is 0.770 bits per heavy atom. The molecule has 6 heterocycles. The number of nitrogens with one attached hydrogen (secondary N) is 6. The number of hydrogen-bond donors (Lipinski definition) is 6. The average molecular weight is 1770 g/mol. The van der Waals surface area contributed by atoms with Crippen molar-refractivity contribution in [1.29, 1.82) is 0 Å². The number of H-pyrrole nitrogens is 5. The van der Waals surface area contributed by atoms with Crippen molar-refractivity contribution in [1.82, 2.24) is 59.4 Å². The number of allylic oxidation sites excluding steroid dienone is 2. The lowest BCUT2D eigenvalue weighted by atomic mass is 10.1. The molecule has 0 aliphatic heterocycles. The molecule has 0 aliphatic rings. The number of halogens is 5. The van der Waals surface area contributed by atoms with E-state index >= 15 is 0 Å². The van der Waals surface area contributed by atoms with Crippen LogP contribution < -0.4 is 63.4 Å². The van der Waals surface area contributed by atoms with Crippen LogP contribution in [0.5, 0.6) is 5.88 Å². The smallest absolute Gasteiger partial charge is 0.330 e. The number of anilines is 10. The zero-order valence-electron chi connectivity index (χ0n) is 72.6. The number of amides is 4. The van der Waals surface area contributed by atoms with Crippen LogP contribution >= 0.6 is 58.0 Å². The second-order valence-corrected chi connectivity index (χ2v) is 30.3. The van der Waals surface area contributed by atoms with E-state index in [0.717, 1.165) is 79.2 Å². The molecule has 122 heavy (non-hydrogen) atoms. The summed E-state index contributed by atoms with van der Waals surface area (Å²) in [5.41, 5.74) is 14.5. The molecule has 33 heteroatoms. The Morgan fingerprint density at radius 1 is 0.426 bits per heavy atom. The Hall–Kier alpha value is -12.0. The van der Waals surface area contributed by atoms with Gasteiger partial charge in [-0.05, 0) is 261 Å². The Labute approximate surface area is 733 Å². The van der Waals surface area contributed by atoms with Crippen LogP contribution in [0.4, 0.5) is 57.5 Å². The van der Waals surface area contributed by atoms with Crippen molar-refractivity contribution in [3.8, 4) is 5.88 Å². The topological polar surface area (TPSA) is 366 Å². The van der Waals surface area contributed by atoms with E-state index in [-0.39, 0.29) is 51.6 Å². The molecule has 5 aromatic carbocycles. The Balaban J connectivity index is 0.000000229. The summed E-state index contributed by atoms with van der Waals surface area (Å²) in [6, 6.07) is 29.3. The summed E-state index contributed by atoms with van der Waals surface area (Å²) >= 11 is 28.9. The summed E-state index contributed by atoms with van der Waals surface area (Å²) in [4.78, 5) is 162. The van der Waals surface area contributed by atoms with Crippen LogP contribution in [0, 0.1) is 76.2 Å². The lowest BCUT2D eigenvalue weighted by molar-refractivity contribution is -0.116. The second-order valence-electron chi connectivity index (χ2n) is 28.5. The number of carbonyl (C=O) groups is 4. The van der Waals surface area contributed by atoms with Gasteiger partial charge in [0.25, 0.3) is 16.7 Å². The molecule has 0 unspecified atom stereocenters. The minimum atomic E-state index is -0.632. The van der Waals surface area contributed by atoms with Gasteiger partial charge < -0.3 is 10.1 Å². The number of benzene rings is 5. The number of carbonyl (C=O) groups excluding carboxylic acids is 4. The normalized spacial score (nSPS) is 10.6. The van der Waals surface area contributed by atoms with Crippen LogP contribution in [0.25, 0.3) is 0 Å². The van der Waals surface area contributed by atoms with Gasteiger partial charge in [0.05, 0.1) is 52.1 Å². The molecule has 0 fully saturated rings. The maximum Gasteiger partial charge on any atom is 0.330 e. The van der Waals surface area contributed by atoms with Gasteiger partial charge in [0.2, 0.25) is 40.6 Å². The summed E-state index contributed by atoms with van der Waals surface area (Å²) in [6.07, 6.45) is 7.65. The van der Waals surface area contributed by atoms with E-state index in [4.69, 9.17) is 62.7 Å². The van der Waals surface area contributed by atoms with Crippen molar-refractivity contribution in [2.24, 2.45) is 0 Å². The molecular formula is C89H104Cl5N17O11. The van der Waals surface area contributed by atoms with E-state index < -0.39 is 33.7 Å². The minimum Gasteiger partial charge on any atom is -0.481 e. The maximum atomic E-state index is 12.6. The first kappa shape index (κ1) is 98.9. The average Bonchev–Trinajstić information content (AvgIpc) is 0.770. The summed E-state index contributed by atoms with van der Waals surface area (Å²) in [7, 11) is 1.64. The summed E-state index contributed by atoms with van der Waals surface area (Å²) < 4.78 is 6.78. The first-order valence-corrected chi connectivity index (χ1v) is 41.0. The van der Waals surface area contributed by atoms with E-state index in [2.05, 4.69) is 99.1 Å². The highest BCUT2D eigenvalue weighted by Crippen LogP contribution is 2.35. The molecule has 646 valence electrons. The van der Waals surface area contributed by atoms with Gasteiger partial charge in [-0.2, -0.15) is 9.97 Å². The Morgan fingerprint density at radius 3 is 1.12 bits per heavy atom. The lowest BCUT2D eigenvalue weighted by Gasteiger charge is -2.27. The predicted molar refractivity (Wildman–Crippen MR) is 490 cm³/mol. The molecule has 0 saturated heterocycles. The van der Waals surface area contributed by atoms with Gasteiger partial charge in [-0.3, -0.25) is 82.6 Å². The van der Waals surface area contributed by atoms with Gasteiger partial charge in [-0.15, -0.1) is 0 Å². The third kappa shape index (κ3) is 26.5. The fourth-order valence-corrected chi connectivity index (χ4v) is 14.9. The van der Waals surface area contributed by atoms with Crippen LogP contribution in [0.15, 0.2) is 132 Å². The van der Waals surface area contributed by atoms with Crippen molar-refractivity contribution in [3.05, 3.63) is 287 Å². The highest BCUT2D eigenvalue weighted by molar-refractivity contribution is 6.36. The highest BCUT2D eigenvalue weighted by atomic mass is 35.5. The molecule has 0 atom stereocenters. The van der Waals surface area contributed by atoms with Gasteiger partial charge in [0.1, 0.15) is 50.4 Å². The number of nitrogens with zero attached hydrogens (tertiary/aromatic N) is 11. The monoisotopic (exact) mass is 1760 g/mol. The lowest BCUT2D eigenvalue weighted by Crippen LogP contribution is -2.39. The van der Waals surface area contributed by atoms with Crippen molar-refractivity contribution in [2.45, 2.75) is 190 Å². The van der Waals surface area contributed by atoms with Crippen LogP contribution in [0.3, 0.4) is 0 Å². The number of ether oxygens (including phenoxy) is 1. The Kier molecular flexibility index (Phi) is 37.0. The van der Waals surface area contributed by atoms with E-state index in [1.54, 1.807) is 21.0 Å². The molecule has 28 nitrogen and oxygen atoms in total. The second kappa shape index (κ2) is 45.6. The molecule has 4 amide bonds. The fraction of sp³-hybridized carbons (Fsp3) is 0.326. The van der Waals surface area contributed by atoms with Gasteiger partial charge >= 0.3 is 17.1 Å². The van der Waals surface area contributed by atoms with Crippen LogP contribution in [0.2, 0.25) is 26.0 Å². The highest BCUT2D eigenvalue weighted by Gasteiger charge is 2.27. The quantitative estimate of drug-likeness (QED) is 0.0179. The number of aromatic amines is 5. The summed E-state index contributed by atoms with van der Waals surface area (Å²) in [5, 5.41) is 4.42. The minimum absolute atomic E-state index is 0.0171. The fourth-order valence-electron chi connectivity index (χ4n) is 13.5. The number of rotatable bonds is 20. The standard InChI is InChI=1S/C20H25N3O3.2C16H19N3O3.C16H21N3O.C15H15Cl2N3O.C6H5Cl3N2/c1-6-8-9-22-19(17(7-2)18(25)21-20(22)26)23(15(5)24)16-11-13(3)10-14(4)12-16;2*1-5-13-14(17-16(22)18-15(13)21)19(11(4)20)12-7-9(2)6-10(3)8-12;1-6-14-15(17-12(4)18-16(14)20-5)19-13-8-10(2)7-11(3)9-13;1-4-12-13(16)18-15(17)19-14(12)20(8-21)11-6-9(2)5-10(3)7-11;1-2-3-4(7)10-6(9)11-5(3)8/h6,8,10-12H,7,9H2,1-5H3,(H,21,25,26);2*6-8H,5H2,1-4H3,(H2,17,18,21,22);7-9H,6H2,1-5H3,(H,17,18,19);5-8H,4H2,1-3H3;2H2,1H3/b8-6+;;;;;. The molecule has 0 radical (unpaired) electrons. The van der Waals surface area contributed by atoms with Gasteiger partial charge in [-0.25, -0.2) is 34.3 Å². The third-order valence-electron chi connectivity index (χ3n) is 18.3. The first-order chi connectivity index (χ1) is 57.6. The van der Waals surface area contributed by atoms with Gasteiger partial charge in [0, 0.05) is 44.1 Å². The van der Waals surface area contributed by atoms with E-state index in [9.17, 15) is 47.9 Å². The summed E-state index contributed by atoms with van der Waals surface area (Å²) in [5.74, 6) is 2.56. The molecule has 0 saturated carbocycles. The maximum absolute atomic E-state index is 12.6. The molecule has 0 bridgehead atoms. The van der Waals surface area contributed by atoms with Crippen molar-refractivity contribution in [3.63, 3.8) is 0 Å². The van der Waals surface area contributed by atoms with E-state index in [1.165, 1.54) is 56.1 Å². The Bertz CT molecular complexity index is 5810. The van der Waals surface area contributed by atoms with E-state index in [1.807, 2.05) is 175 Å². The third-order valence-corrected chi connectivity index (χ3v) is 19.6. The molecule has 6 aromatic heterocycles. The number of methoxy groups -OCH3 is 1. The van der Waals surface area contributed by atoms with Gasteiger partial charge in [0.15, 0.2) is 0 Å². The largest absolute Gasteiger partial charge is 0.481 e. The first-order valence-electron chi connectivity index (χ1n) is 39.1. The van der Waals surface area contributed by atoms with Crippen molar-refractivity contribution in [2.75, 3.05) is 32.0 Å². The number of aromatic nitrogens is 12. The van der Waals surface area contributed by atoms with E-state index in [0.29, 0.717) is 111 Å². The van der Waals surface area contributed by atoms with Crippen molar-refractivity contribution < 1.29 is 23.9 Å². The molecule has 11 rings (SSSR count). The zero-order chi connectivity index (χ0) is 91.0. The molecule has 6 N–H and O–H groups in total. The SMILES string of the molecule is C/C=C/Cn1c(N(C(C)=O)c2cc(C)cc(C)c2)c(CC)c(=O)[nH]c1=O.CCc1c(Cl)nc(Cl)nc1Cl.CCc1c(Cl)nc(Cl)nc1N(C=O)c1cc(C)cc(C)c1.CCc1c(N(C(C)=O)c2cc(C)cc(C)c2)[nH]c(=O)[nH]c1=O.CCc1c(N(C(C)=O)c2cc(C)cc(C)c2)[nH]c(=O)[nH]c1=O.CCc1c(Nc2cc(C)cc(C)c2)nc(C)nc1OC. The van der Waals surface area contributed by atoms with Crippen LogP contribution in [-0.4, -0.2) is 90.6 Å². The molecule has 0 spiro atoms. The molecular weight excluding hydrogens is 1660 g/mol. The van der Waals surface area contributed by atoms with Gasteiger partial charge in [-0.1, -0.05) is 119 Å². The molecule has 11 aromatic rings. The van der Waals surface area contributed by atoms with Crippen LogP contribution in [0.1, 0.15) is 164 Å². The summed E-state index contributed by atoms with van der Waals surface area (Å²) in [6.45, 7) is 39.3. The zero-order valence-corrected chi connectivity index (χ0v) is 76.4. The van der Waals surface area contributed by atoms with Crippen molar-refractivity contribution >= 4 is 140 Å².